The van der Waals surface area contributed by atoms with Crippen LogP contribution in [0.5, 0.6) is 5.75 Å². The van der Waals surface area contributed by atoms with Gasteiger partial charge >= 0.3 is 12.0 Å². The normalized spacial score (nSPS) is 17.3. The van der Waals surface area contributed by atoms with Crippen LogP contribution in [0.15, 0.2) is 24.3 Å². The minimum absolute atomic E-state index is 0.180. The lowest BCUT2D eigenvalue weighted by Crippen LogP contribution is -2.40. The molecule has 0 bridgehead atoms. The lowest BCUT2D eigenvalue weighted by molar-refractivity contribution is -0.132. The standard InChI is InChI=1S/C16H18N2O5/c1-10(19)17-9-14(18(11(2)20)16(17)22)8-13-4-6-15(7-5-13)23-12(3)21/h4-7,14H,8-9H2,1-3H3. The Balaban J connectivity index is 2.14. The first-order valence-electron chi connectivity index (χ1n) is 7.19. The van der Waals surface area contributed by atoms with Crippen LogP contribution < -0.4 is 4.74 Å². The molecule has 1 aliphatic heterocycles. The summed E-state index contributed by atoms with van der Waals surface area (Å²) in [4.78, 5) is 48.4. The molecule has 7 nitrogen and oxygen atoms in total. The van der Waals surface area contributed by atoms with Crippen molar-refractivity contribution in [2.45, 2.75) is 33.2 Å². The highest BCUT2D eigenvalue weighted by molar-refractivity contribution is 6.03. The fourth-order valence-corrected chi connectivity index (χ4v) is 2.60. The molecule has 7 heteroatoms. The largest absolute Gasteiger partial charge is 0.427 e. The minimum atomic E-state index is -0.577. The maximum Gasteiger partial charge on any atom is 0.333 e. The lowest BCUT2D eigenvalue weighted by Gasteiger charge is -2.19. The maximum absolute atomic E-state index is 12.1. The van der Waals surface area contributed by atoms with Crippen molar-refractivity contribution >= 4 is 23.8 Å². The summed E-state index contributed by atoms with van der Waals surface area (Å²) in [5, 5.41) is 0. The third-order valence-electron chi connectivity index (χ3n) is 3.57. The molecule has 0 spiro atoms. The molecule has 1 saturated heterocycles. The van der Waals surface area contributed by atoms with Crippen molar-refractivity contribution in [2.24, 2.45) is 0 Å². The number of ether oxygens (including phenoxy) is 1. The average molecular weight is 318 g/mol. The summed E-state index contributed by atoms with van der Waals surface area (Å²) in [6.45, 7) is 4.10. The lowest BCUT2D eigenvalue weighted by atomic mass is 10.1. The molecule has 1 heterocycles. The number of esters is 1. The number of carbonyl (C=O) groups excluding carboxylic acids is 4. The predicted octanol–water partition coefficient (Wildman–Crippen LogP) is 1.35. The van der Waals surface area contributed by atoms with E-state index < -0.39 is 18.0 Å². The van der Waals surface area contributed by atoms with Crippen molar-refractivity contribution < 1.29 is 23.9 Å². The molecule has 1 aromatic carbocycles. The van der Waals surface area contributed by atoms with E-state index in [9.17, 15) is 19.2 Å². The number of rotatable bonds is 3. The number of imide groups is 2. The third kappa shape index (κ3) is 3.74. The van der Waals surface area contributed by atoms with Crippen LogP contribution in [0, 0.1) is 0 Å². The zero-order valence-electron chi connectivity index (χ0n) is 13.2. The van der Waals surface area contributed by atoms with Crippen LogP contribution in [0.1, 0.15) is 26.3 Å². The second-order valence-corrected chi connectivity index (χ2v) is 5.40. The molecule has 4 amide bonds. The van der Waals surface area contributed by atoms with Gasteiger partial charge in [-0.25, -0.2) is 4.79 Å². The summed E-state index contributed by atoms with van der Waals surface area (Å²) in [5.41, 5.74) is 0.871. The monoisotopic (exact) mass is 318 g/mol. The number of benzene rings is 1. The van der Waals surface area contributed by atoms with Gasteiger partial charge in [0.25, 0.3) is 0 Å². The molecule has 0 N–H and O–H groups in total. The van der Waals surface area contributed by atoms with E-state index in [1.807, 2.05) is 0 Å². The van der Waals surface area contributed by atoms with Crippen LogP contribution in [0.3, 0.4) is 0 Å². The SMILES string of the molecule is CC(=O)Oc1ccc(CC2CN(C(C)=O)C(=O)N2C(C)=O)cc1. The predicted molar refractivity (Wildman–Crippen MR) is 80.5 cm³/mol. The van der Waals surface area contributed by atoms with Crippen molar-refractivity contribution in [3.8, 4) is 5.75 Å². The molecule has 122 valence electrons. The van der Waals surface area contributed by atoms with Crippen LogP contribution >= 0.6 is 0 Å². The first kappa shape index (κ1) is 16.7. The average Bonchev–Trinajstić information content (AvgIpc) is 2.77. The van der Waals surface area contributed by atoms with Crippen LogP contribution in [0.2, 0.25) is 0 Å². The zero-order chi connectivity index (χ0) is 17.1. The van der Waals surface area contributed by atoms with Gasteiger partial charge in [0, 0.05) is 20.8 Å². The quantitative estimate of drug-likeness (QED) is 0.620. The van der Waals surface area contributed by atoms with E-state index in [1.54, 1.807) is 24.3 Å². The number of nitrogens with zero attached hydrogens (tertiary/aromatic N) is 2. The Kier molecular flexibility index (Phi) is 4.78. The van der Waals surface area contributed by atoms with Gasteiger partial charge in [0.05, 0.1) is 12.6 Å². The van der Waals surface area contributed by atoms with Crippen molar-refractivity contribution in [3.63, 3.8) is 0 Å². The highest BCUT2D eigenvalue weighted by Crippen LogP contribution is 2.21. The van der Waals surface area contributed by atoms with Crippen molar-refractivity contribution in [1.29, 1.82) is 0 Å². The van der Waals surface area contributed by atoms with Gasteiger partial charge < -0.3 is 4.74 Å². The molecule has 2 rings (SSSR count). The summed E-state index contributed by atoms with van der Waals surface area (Å²) in [6.07, 6.45) is 0.426. The maximum atomic E-state index is 12.1. The second-order valence-electron chi connectivity index (χ2n) is 5.40. The van der Waals surface area contributed by atoms with Gasteiger partial charge in [0.1, 0.15) is 5.75 Å². The van der Waals surface area contributed by atoms with Crippen molar-refractivity contribution in [3.05, 3.63) is 29.8 Å². The molecule has 1 atom stereocenters. The van der Waals surface area contributed by atoms with Gasteiger partial charge in [-0.1, -0.05) is 12.1 Å². The molecular weight excluding hydrogens is 300 g/mol. The van der Waals surface area contributed by atoms with Gasteiger partial charge in [-0.2, -0.15) is 0 Å². The Bertz CT molecular complexity index is 653. The highest BCUT2D eigenvalue weighted by atomic mass is 16.5. The van der Waals surface area contributed by atoms with Gasteiger partial charge in [-0.05, 0) is 24.1 Å². The van der Waals surface area contributed by atoms with Gasteiger partial charge in [0.15, 0.2) is 0 Å². The van der Waals surface area contributed by atoms with Gasteiger partial charge in [-0.3, -0.25) is 24.2 Å². The van der Waals surface area contributed by atoms with E-state index in [2.05, 4.69) is 0 Å². The fraction of sp³-hybridized carbons (Fsp3) is 0.375. The Morgan fingerprint density at radius 2 is 1.70 bits per heavy atom. The summed E-state index contributed by atoms with van der Waals surface area (Å²) in [6, 6.07) is 5.84. The molecule has 1 aliphatic rings. The number of urea groups is 1. The summed E-state index contributed by atoms with van der Waals surface area (Å²) in [7, 11) is 0. The number of amides is 4. The number of hydrogen-bond acceptors (Lipinski definition) is 5. The molecular formula is C16H18N2O5. The first-order chi connectivity index (χ1) is 10.8. The van der Waals surface area contributed by atoms with Crippen LogP contribution in [0.4, 0.5) is 4.79 Å². The molecule has 1 fully saturated rings. The topological polar surface area (TPSA) is 84.0 Å². The Morgan fingerprint density at radius 1 is 1.09 bits per heavy atom. The fourth-order valence-electron chi connectivity index (χ4n) is 2.60. The second kappa shape index (κ2) is 6.60. The molecule has 0 aliphatic carbocycles. The molecule has 1 unspecified atom stereocenters. The van der Waals surface area contributed by atoms with E-state index in [0.717, 1.165) is 15.4 Å². The molecule has 0 aromatic heterocycles. The smallest absolute Gasteiger partial charge is 0.333 e. The first-order valence-corrected chi connectivity index (χ1v) is 7.19. The van der Waals surface area contributed by atoms with Crippen LogP contribution in [0.25, 0.3) is 0 Å². The van der Waals surface area contributed by atoms with Gasteiger partial charge in [-0.15, -0.1) is 0 Å². The van der Waals surface area contributed by atoms with Crippen LogP contribution in [-0.2, 0) is 20.8 Å². The van der Waals surface area contributed by atoms with E-state index >= 15 is 0 Å². The van der Waals surface area contributed by atoms with E-state index in [-0.39, 0.29) is 18.4 Å². The Labute approximate surface area is 133 Å². The molecule has 23 heavy (non-hydrogen) atoms. The van der Waals surface area contributed by atoms with E-state index in [0.29, 0.717) is 12.2 Å². The van der Waals surface area contributed by atoms with E-state index in [1.165, 1.54) is 20.8 Å². The summed E-state index contributed by atoms with van der Waals surface area (Å²) < 4.78 is 4.95. The minimum Gasteiger partial charge on any atom is -0.427 e. The highest BCUT2D eigenvalue weighted by Gasteiger charge is 2.41. The Morgan fingerprint density at radius 3 is 2.17 bits per heavy atom. The van der Waals surface area contributed by atoms with Crippen molar-refractivity contribution in [1.82, 2.24) is 9.80 Å². The summed E-state index contributed by atoms with van der Waals surface area (Å²) >= 11 is 0. The van der Waals surface area contributed by atoms with Gasteiger partial charge in [0.2, 0.25) is 11.8 Å². The van der Waals surface area contributed by atoms with Crippen LogP contribution in [-0.4, -0.2) is 46.2 Å². The number of carbonyl (C=O) groups is 4. The summed E-state index contributed by atoms with van der Waals surface area (Å²) in [5.74, 6) is -0.745. The van der Waals surface area contributed by atoms with Crippen molar-refractivity contribution in [2.75, 3.05) is 6.54 Å². The third-order valence-corrected chi connectivity index (χ3v) is 3.57. The molecule has 0 saturated carbocycles. The number of hydrogen-bond donors (Lipinski definition) is 0. The Hall–Kier alpha value is -2.70. The molecule has 1 aromatic rings. The zero-order valence-corrected chi connectivity index (χ0v) is 13.2. The van der Waals surface area contributed by atoms with E-state index in [4.69, 9.17) is 4.74 Å². The molecule has 0 radical (unpaired) electrons.